The lowest BCUT2D eigenvalue weighted by Crippen LogP contribution is -2.30. The monoisotopic (exact) mass is 237 g/mol. The molecular weight excluding hydrogens is 222 g/mol. The van der Waals surface area contributed by atoms with Gasteiger partial charge in [0.15, 0.2) is 0 Å². The molecule has 1 amide bonds. The Bertz CT molecular complexity index is 436. The molecule has 1 heterocycles. The lowest BCUT2D eigenvalue weighted by atomic mass is 10.1. The van der Waals surface area contributed by atoms with Crippen molar-refractivity contribution in [2.24, 2.45) is 0 Å². The van der Waals surface area contributed by atoms with Gasteiger partial charge in [0.05, 0.1) is 12.2 Å². The number of phenolic OH excluding ortho intramolecular Hbond substituents is 1. The first-order chi connectivity index (χ1) is 7.99. The highest BCUT2D eigenvalue weighted by Crippen LogP contribution is 2.20. The predicted molar refractivity (Wildman–Crippen MR) is 60.8 cm³/mol. The maximum absolute atomic E-state index is 12.1. The zero-order valence-electron chi connectivity index (χ0n) is 9.50. The van der Waals surface area contributed by atoms with Crippen LogP contribution < -0.4 is 0 Å². The minimum atomic E-state index is -0.878. The number of hydrogen-bond donors (Lipinski definition) is 3. The van der Waals surface area contributed by atoms with Crippen LogP contribution in [0.15, 0.2) is 18.2 Å². The summed E-state index contributed by atoms with van der Waals surface area (Å²) in [6.07, 6.45) is -1.76. The van der Waals surface area contributed by atoms with Gasteiger partial charge in [-0.15, -0.1) is 0 Å². The van der Waals surface area contributed by atoms with Crippen molar-refractivity contribution in [3.8, 4) is 5.75 Å². The molecule has 1 saturated heterocycles. The van der Waals surface area contributed by atoms with Crippen LogP contribution in [0.3, 0.4) is 0 Å². The molecule has 0 bridgehead atoms. The quantitative estimate of drug-likeness (QED) is 0.636. The van der Waals surface area contributed by atoms with Crippen LogP contribution in [0, 0.1) is 6.92 Å². The fourth-order valence-electron chi connectivity index (χ4n) is 1.99. The Morgan fingerprint density at radius 2 is 1.88 bits per heavy atom. The third kappa shape index (κ3) is 2.25. The Morgan fingerprint density at radius 1 is 1.29 bits per heavy atom. The molecule has 1 aliphatic rings. The Labute approximate surface area is 98.9 Å². The number of amides is 1. The lowest BCUT2D eigenvalue weighted by Gasteiger charge is -2.16. The van der Waals surface area contributed by atoms with Crippen molar-refractivity contribution < 1.29 is 20.1 Å². The van der Waals surface area contributed by atoms with Gasteiger partial charge in [0.2, 0.25) is 0 Å². The van der Waals surface area contributed by atoms with Crippen LogP contribution >= 0.6 is 0 Å². The van der Waals surface area contributed by atoms with Crippen molar-refractivity contribution >= 4 is 5.91 Å². The summed E-state index contributed by atoms with van der Waals surface area (Å²) < 4.78 is 0. The molecule has 1 aliphatic heterocycles. The highest BCUT2D eigenvalue weighted by atomic mass is 16.3. The number of phenols is 1. The Hall–Kier alpha value is -1.59. The minimum Gasteiger partial charge on any atom is -0.508 e. The van der Waals surface area contributed by atoms with E-state index in [0.717, 1.165) is 0 Å². The maximum Gasteiger partial charge on any atom is 0.254 e. The molecular formula is C12H15NO4. The van der Waals surface area contributed by atoms with Crippen LogP contribution in [0.4, 0.5) is 0 Å². The number of carbonyl (C=O) groups is 1. The van der Waals surface area contributed by atoms with E-state index >= 15 is 0 Å². The second-order valence-electron chi connectivity index (χ2n) is 4.34. The fourth-order valence-corrected chi connectivity index (χ4v) is 1.99. The molecule has 2 rings (SSSR count). The molecule has 3 N–H and O–H groups in total. The number of hydrogen-bond acceptors (Lipinski definition) is 4. The van der Waals surface area contributed by atoms with Crippen LogP contribution in [0.5, 0.6) is 5.75 Å². The number of aryl methyl sites for hydroxylation is 1. The van der Waals surface area contributed by atoms with E-state index < -0.39 is 12.2 Å². The Kier molecular flexibility index (Phi) is 3.04. The molecule has 17 heavy (non-hydrogen) atoms. The van der Waals surface area contributed by atoms with E-state index in [0.29, 0.717) is 11.1 Å². The second-order valence-corrected chi connectivity index (χ2v) is 4.34. The van der Waals surface area contributed by atoms with Gasteiger partial charge in [-0.25, -0.2) is 0 Å². The first-order valence-electron chi connectivity index (χ1n) is 5.44. The summed E-state index contributed by atoms with van der Waals surface area (Å²) in [7, 11) is 0. The molecule has 0 aliphatic carbocycles. The largest absolute Gasteiger partial charge is 0.508 e. The Morgan fingerprint density at radius 3 is 2.41 bits per heavy atom. The van der Waals surface area contributed by atoms with Gasteiger partial charge >= 0.3 is 0 Å². The molecule has 1 aromatic carbocycles. The van der Waals surface area contributed by atoms with E-state index in [9.17, 15) is 20.1 Å². The third-order valence-corrected chi connectivity index (χ3v) is 2.99. The fraction of sp³-hybridized carbons (Fsp3) is 0.417. The zero-order chi connectivity index (χ0) is 12.6. The van der Waals surface area contributed by atoms with E-state index in [1.54, 1.807) is 13.0 Å². The van der Waals surface area contributed by atoms with E-state index in [1.807, 2.05) is 0 Å². The van der Waals surface area contributed by atoms with Crippen LogP contribution in [0.25, 0.3) is 0 Å². The van der Waals surface area contributed by atoms with Gasteiger partial charge in [0.1, 0.15) is 5.75 Å². The lowest BCUT2D eigenvalue weighted by molar-refractivity contribution is 0.0572. The third-order valence-electron chi connectivity index (χ3n) is 2.99. The number of aliphatic hydroxyl groups excluding tert-OH is 2. The summed E-state index contributed by atoms with van der Waals surface area (Å²) in [5.41, 5.74) is 1.15. The predicted octanol–water partition coefficient (Wildman–Crippen LogP) is -0.122. The van der Waals surface area contributed by atoms with Gasteiger partial charge in [0, 0.05) is 18.7 Å². The van der Waals surface area contributed by atoms with Gasteiger partial charge < -0.3 is 20.2 Å². The molecule has 0 aromatic heterocycles. The van der Waals surface area contributed by atoms with Gasteiger partial charge in [-0.3, -0.25) is 4.79 Å². The molecule has 5 heteroatoms. The van der Waals surface area contributed by atoms with E-state index in [1.165, 1.54) is 17.0 Å². The number of aromatic hydroxyl groups is 1. The minimum absolute atomic E-state index is 0.112. The molecule has 92 valence electrons. The van der Waals surface area contributed by atoms with Crippen LogP contribution in [-0.4, -0.2) is 51.4 Å². The zero-order valence-corrected chi connectivity index (χ0v) is 9.50. The molecule has 0 unspecified atom stereocenters. The molecule has 0 radical (unpaired) electrons. The van der Waals surface area contributed by atoms with Crippen molar-refractivity contribution in [1.82, 2.24) is 4.90 Å². The van der Waals surface area contributed by atoms with Crippen molar-refractivity contribution in [1.29, 1.82) is 0 Å². The first kappa shape index (κ1) is 11.9. The summed E-state index contributed by atoms with van der Waals surface area (Å²) in [4.78, 5) is 13.5. The van der Waals surface area contributed by atoms with Crippen LogP contribution in [0.1, 0.15) is 15.9 Å². The molecule has 1 fully saturated rings. The van der Waals surface area contributed by atoms with Crippen molar-refractivity contribution in [3.05, 3.63) is 29.3 Å². The normalized spacial score (nSPS) is 24.1. The summed E-state index contributed by atoms with van der Waals surface area (Å²) in [5, 5.41) is 28.1. The number of β-amino-alcohol motifs (C(OH)–C–C–N with tert-alkyl or cyclic N) is 2. The standard InChI is InChI=1S/C12H15NO4/c1-7-4-8(14)2-3-9(7)12(17)13-5-10(15)11(16)6-13/h2-4,10-11,14-16H,5-6H2,1H3/t10-,11+. The van der Waals surface area contributed by atoms with E-state index in [2.05, 4.69) is 0 Å². The van der Waals surface area contributed by atoms with Crippen LogP contribution in [-0.2, 0) is 0 Å². The number of rotatable bonds is 1. The number of likely N-dealkylation sites (tertiary alicyclic amines) is 1. The second kappa shape index (κ2) is 4.35. The average Bonchev–Trinajstić information content (AvgIpc) is 2.58. The number of carbonyl (C=O) groups excluding carboxylic acids is 1. The van der Waals surface area contributed by atoms with Gasteiger partial charge in [-0.2, -0.15) is 0 Å². The van der Waals surface area contributed by atoms with Crippen LogP contribution in [0.2, 0.25) is 0 Å². The maximum atomic E-state index is 12.1. The number of aliphatic hydroxyl groups is 2. The topological polar surface area (TPSA) is 81.0 Å². The van der Waals surface area contributed by atoms with Crippen molar-refractivity contribution in [3.63, 3.8) is 0 Å². The van der Waals surface area contributed by atoms with E-state index in [4.69, 9.17) is 0 Å². The summed E-state index contributed by atoms with van der Waals surface area (Å²) >= 11 is 0. The number of benzene rings is 1. The van der Waals surface area contributed by atoms with Gasteiger partial charge in [0.25, 0.3) is 5.91 Å². The molecule has 2 atom stereocenters. The number of nitrogens with zero attached hydrogens (tertiary/aromatic N) is 1. The van der Waals surface area contributed by atoms with Gasteiger partial charge in [-0.05, 0) is 30.7 Å². The highest BCUT2D eigenvalue weighted by molar-refractivity contribution is 5.96. The molecule has 1 aromatic rings. The molecule has 5 nitrogen and oxygen atoms in total. The summed E-state index contributed by atoms with van der Waals surface area (Å²) in [6, 6.07) is 4.50. The van der Waals surface area contributed by atoms with Gasteiger partial charge in [-0.1, -0.05) is 0 Å². The van der Waals surface area contributed by atoms with E-state index in [-0.39, 0.29) is 24.7 Å². The first-order valence-corrected chi connectivity index (χ1v) is 5.44. The summed E-state index contributed by atoms with van der Waals surface area (Å²) in [6.45, 7) is 2.01. The SMILES string of the molecule is Cc1cc(O)ccc1C(=O)N1C[C@@H](O)[C@@H](O)C1. The van der Waals surface area contributed by atoms with Crippen molar-refractivity contribution in [2.75, 3.05) is 13.1 Å². The molecule has 0 spiro atoms. The molecule has 0 saturated carbocycles. The van der Waals surface area contributed by atoms with Crippen molar-refractivity contribution in [2.45, 2.75) is 19.1 Å². The smallest absolute Gasteiger partial charge is 0.254 e. The average molecular weight is 237 g/mol. The highest BCUT2D eigenvalue weighted by Gasteiger charge is 2.33. The summed E-state index contributed by atoms with van der Waals surface area (Å²) in [5.74, 6) is -0.126. The Balaban J connectivity index is 2.20.